The van der Waals surface area contributed by atoms with Crippen LogP contribution in [-0.2, 0) is 11.2 Å². The van der Waals surface area contributed by atoms with Crippen molar-refractivity contribution >= 4 is 11.9 Å². The van der Waals surface area contributed by atoms with Gasteiger partial charge in [0, 0.05) is 32.2 Å². The lowest BCUT2D eigenvalue weighted by molar-refractivity contribution is -0.131. The Hall–Kier alpha value is -2.04. The van der Waals surface area contributed by atoms with Gasteiger partial charge in [0.2, 0.25) is 5.91 Å². The minimum absolute atomic E-state index is 0.0354. The predicted molar refractivity (Wildman–Crippen MR) is 103 cm³/mol. The second-order valence-electron chi connectivity index (χ2n) is 7.87. The summed E-state index contributed by atoms with van der Waals surface area (Å²) in [5.41, 5.74) is 2.35. The standard InChI is InChI=1S/C21H31N3O2/c1-16(2)18-9-7-17(8-10-18)15-20(25)23-11-13-24(14-12-23)21(26)22-19-5-3-4-6-19/h7-10,16,19H,3-6,11-15H2,1-2H3,(H,22,26). The van der Waals surface area contributed by atoms with Crippen LogP contribution in [0.3, 0.4) is 0 Å². The van der Waals surface area contributed by atoms with Crippen LogP contribution >= 0.6 is 0 Å². The van der Waals surface area contributed by atoms with E-state index in [1.165, 1.54) is 18.4 Å². The largest absolute Gasteiger partial charge is 0.339 e. The van der Waals surface area contributed by atoms with Gasteiger partial charge in [-0.1, -0.05) is 51.0 Å². The number of nitrogens with zero attached hydrogens (tertiary/aromatic N) is 2. The summed E-state index contributed by atoms with van der Waals surface area (Å²) >= 11 is 0. The third kappa shape index (κ3) is 4.77. The summed E-state index contributed by atoms with van der Waals surface area (Å²) < 4.78 is 0. The van der Waals surface area contributed by atoms with Crippen molar-refractivity contribution in [1.29, 1.82) is 0 Å². The Bertz CT molecular complexity index is 613. The summed E-state index contributed by atoms with van der Waals surface area (Å²) in [6.45, 7) is 6.83. The van der Waals surface area contributed by atoms with Crippen molar-refractivity contribution in [2.45, 2.75) is 57.9 Å². The first-order valence-electron chi connectivity index (χ1n) is 9.95. The summed E-state index contributed by atoms with van der Waals surface area (Å²) in [4.78, 5) is 28.6. The van der Waals surface area contributed by atoms with E-state index in [-0.39, 0.29) is 11.9 Å². The molecular weight excluding hydrogens is 326 g/mol. The maximum Gasteiger partial charge on any atom is 0.317 e. The van der Waals surface area contributed by atoms with E-state index >= 15 is 0 Å². The molecule has 142 valence electrons. The zero-order chi connectivity index (χ0) is 18.5. The molecule has 1 saturated heterocycles. The monoisotopic (exact) mass is 357 g/mol. The summed E-state index contributed by atoms with van der Waals surface area (Å²) in [6, 6.07) is 8.71. The molecule has 1 saturated carbocycles. The van der Waals surface area contributed by atoms with Gasteiger partial charge in [0.05, 0.1) is 6.42 Å². The fourth-order valence-electron chi connectivity index (χ4n) is 3.80. The minimum Gasteiger partial charge on any atom is -0.339 e. The molecule has 1 aliphatic carbocycles. The molecular formula is C21H31N3O2. The molecule has 1 aliphatic heterocycles. The van der Waals surface area contributed by atoms with Crippen LogP contribution in [0.4, 0.5) is 4.79 Å². The van der Waals surface area contributed by atoms with E-state index in [9.17, 15) is 9.59 Å². The van der Waals surface area contributed by atoms with E-state index in [1.54, 1.807) is 0 Å². The average Bonchev–Trinajstić information content (AvgIpc) is 3.15. The molecule has 0 bridgehead atoms. The lowest BCUT2D eigenvalue weighted by Gasteiger charge is -2.35. The molecule has 0 spiro atoms. The lowest BCUT2D eigenvalue weighted by Crippen LogP contribution is -2.54. The first-order chi connectivity index (χ1) is 12.5. The van der Waals surface area contributed by atoms with Crippen LogP contribution in [0.5, 0.6) is 0 Å². The van der Waals surface area contributed by atoms with Gasteiger partial charge in [-0.25, -0.2) is 4.79 Å². The third-order valence-electron chi connectivity index (χ3n) is 5.60. The maximum atomic E-state index is 12.5. The molecule has 3 amide bonds. The molecule has 1 aromatic carbocycles. The molecule has 2 fully saturated rings. The quantitative estimate of drug-likeness (QED) is 0.900. The van der Waals surface area contributed by atoms with Gasteiger partial charge < -0.3 is 15.1 Å². The first-order valence-corrected chi connectivity index (χ1v) is 9.95. The number of hydrogen-bond donors (Lipinski definition) is 1. The van der Waals surface area contributed by atoms with Gasteiger partial charge in [0.25, 0.3) is 0 Å². The second-order valence-corrected chi connectivity index (χ2v) is 7.87. The molecule has 5 heteroatoms. The Labute approximate surface area is 156 Å². The number of benzene rings is 1. The molecule has 26 heavy (non-hydrogen) atoms. The molecule has 0 atom stereocenters. The van der Waals surface area contributed by atoms with E-state index in [0.717, 1.165) is 18.4 Å². The minimum atomic E-state index is 0.0354. The van der Waals surface area contributed by atoms with Gasteiger partial charge >= 0.3 is 6.03 Å². The molecule has 0 unspecified atom stereocenters. The normalized spacial score (nSPS) is 18.4. The average molecular weight is 357 g/mol. The third-order valence-corrected chi connectivity index (χ3v) is 5.60. The predicted octanol–water partition coefficient (Wildman–Crippen LogP) is 3.15. The number of carbonyl (C=O) groups is 2. The van der Waals surface area contributed by atoms with Crippen LogP contribution in [-0.4, -0.2) is 54.0 Å². The number of amides is 3. The van der Waals surface area contributed by atoms with Gasteiger partial charge in [-0.15, -0.1) is 0 Å². The topological polar surface area (TPSA) is 52.7 Å². The highest BCUT2D eigenvalue weighted by atomic mass is 16.2. The van der Waals surface area contributed by atoms with Crippen LogP contribution in [0.25, 0.3) is 0 Å². The number of hydrogen-bond acceptors (Lipinski definition) is 2. The van der Waals surface area contributed by atoms with Gasteiger partial charge in [-0.05, 0) is 29.9 Å². The Morgan fingerprint density at radius 1 is 1.00 bits per heavy atom. The summed E-state index contributed by atoms with van der Waals surface area (Å²) in [5.74, 6) is 0.654. The number of piperazine rings is 1. The number of nitrogens with one attached hydrogen (secondary N) is 1. The van der Waals surface area contributed by atoms with Crippen LogP contribution in [0.2, 0.25) is 0 Å². The Morgan fingerprint density at radius 3 is 2.15 bits per heavy atom. The zero-order valence-electron chi connectivity index (χ0n) is 16.0. The van der Waals surface area contributed by atoms with E-state index in [2.05, 4.69) is 43.4 Å². The van der Waals surface area contributed by atoms with Crippen molar-refractivity contribution in [3.05, 3.63) is 35.4 Å². The summed E-state index contributed by atoms with van der Waals surface area (Å²) in [5, 5.41) is 3.13. The lowest BCUT2D eigenvalue weighted by atomic mass is 10.0. The maximum absolute atomic E-state index is 12.5. The van der Waals surface area contributed by atoms with Crippen molar-refractivity contribution in [2.75, 3.05) is 26.2 Å². The molecule has 1 heterocycles. The summed E-state index contributed by atoms with van der Waals surface area (Å²) in [7, 11) is 0. The second kappa shape index (κ2) is 8.56. The molecule has 0 aromatic heterocycles. The number of urea groups is 1. The van der Waals surface area contributed by atoms with Crippen LogP contribution in [0.1, 0.15) is 56.6 Å². The molecule has 0 radical (unpaired) electrons. The van der Waals surface area contributed by atoms with Crippen molar-refractivity contribution < 1.29 is 9.59 Å². The van der Waals surface area contributed by atoms with Crippen LogP contribution in [0, 0.1) is 0 Å². The molecule has 1 N–H and O–H groups in total. The zero-order valence-corrected chi connectivity index (χ0v) is 16.0. The molecule has 5 nitrogen and oxygen atoms in total. The Balaban J connectivity index is 1.44. The SMILES string of the molecule is CC(C)c1ccc(CC(=O)N2CCN(C(=O)NC3CCCC3)CC2)cc1. The highest BCUT2D eigenvalue weighted by Gasteiger charge is 2.26. The van der Waals surface area contributed by atoms with Gasteiger partial charge in [0.1, 0.15) is 0 Å². The first kappa shape index (κ1) is 18.7. The Kier molecular flexibility index (Phi) is 6.17. The van der Waals surface area contributed by atoms with Gasteiger partial charge in [0.15, 0.2) is 0 Å². The van der Waals surface area contributed by atoms with E-state index in [1.807, 2.05) is 9.80 Å². The number of carbonyl (C=O) groups excluding carboxylic acids is 2. The fraction of sp³-hybridized carbons (Fsp3) is 0.619. The van der Waals surface area contributed by atoms with Crippen molar-refractivity contribution in [2.24, 2.45) is 0 Å². The van der Waals surface area contributed by atoms with Crippen LogP contribution in [0.15, 0.2) is 24.3 Å². The summed E-state index contributed by atoms with van der Waals surface area (Å²) in [6.07, 6.45) is 5.06. The van der Waals surface area contributed by atoms with Crippen molar-refractivity contribution in [3.8, 4) is 0 Å². The highest BCUT2D eigenvalue weighted by Crippen LogP contribution is 2.18. The van der Waals surface area contributed by atoms with Gasteiger partial charge in [-0.3, -0.25) is 4.79 Å². The molecule has 3 rings (SSSR count). The highest BCUT2D eigenvalue weighted by molar-refractivity contribution is 5.79. The number of rotatable bonds is 4. The molecule has 1 aromatic rings. The Morgan fingerprint density at radius 2 is 1.58 bits per heavy atom. The van der Waals surface area contributed by atoms with E-state index < -0.39 is 0 Å². The fourth-order valence-corrected chi connectivity index (χ4v) is 3.80. The van der Waals surface area contributed by atoms with Crippen molar-refractivity contribution in [3.63, 3.8) is 0 Å². The smallest absolute Gasteiger partial charge is 0.317 e. The van der Waals surface area contributed by atoms with Gasteiger partial charge in [-0.2, -0.15) is 0 Å². The van der Waals surface area contributed by atoms with E-state index in [0.29, 0.717) is 44.6 Å². The molecule has 2 aliphatic rings. The van der Waals surface area contributed by atoms with E-state index in [4.69, 9.17) is 0 Å². The van der Waals surface area contributed by atoms with Crippen LogP contribution < -0.4 is 5.32 Å². The van der Waals surface area contributed by atoms with Crippen molar-refractivity contribution in [1.82, 2.24) is 15.1 Å².